The highest BCUT2D eigenvalue weighted by molar-refractivity contribution is 5.74. The van der Waals surface area contributed by atoms with Gasteiger partial charge in [0.05, 0.1) is 19.2 Å². The number of carbonyl (C=O) groups excluding carboxylic acids is 2. The van der Waals surface area contributed by atoms with Gasteiger partial charge in [0.1, 0.15) is 5.60 Å². The summed E-state index contributed by atoms with van der Waals surface area (Å²) < 4.78 is 25.1. The van der Waals surface area contributed by atoms with E-state index in [1.807, 2.05) is 20.8 Å². The average Bonchev–Trinajstić information content (AvgIpc) is 3.42. The van der Waals surface area contributed by atoms with Gasteiger partial charge in [0.2, 0.25) is 6.79 Å². The van der Waals surface area contributed by atoms with Crippen molar-refractivity contribution < 1.29 is 28.5 Å². The first-order valence-corrected chi connectivity index (χ1v) is 12.4. The molecule has 5 rings (SSSR count). The van der Waals surface area contributed by atoms with Crippen LogP contribution in [0.25, 0.3) is 0 Å². The van der Waals surface area contributed by atoms with Crippen LogP contribution < -0.4 is 20.9 Å². The second kappa shape index (κ2) is 9.00. The van der Waals surface area contributed by atoms with Crippen LogP contribution in [0.1, 0.15) is 58.1 Å². The van der Waals surface area contributed by atoms with Gasteiger partial charge >= 0.3 is 23.4 Å². The lowest BCUT2D eigenvalue weighted by Crippen LogP contribution is -2.56. The molecule has 1 amide bonds. The SMILES string of the molecule is COC(=O)C1CCC2(CCN(C(=O)OC(C)(C)C)CC2)n2c(=O)n(Cc3ccc4c(c3)OCO4)c(=O)n21. The Bertz CT molecular complexity index is 1340. The lowest BCUT2D eigenvalue weighted by atomic mass is 9.81. The first-order valence-electron chi connectivity index (χ1n) is 12.4. The van der Waals surface area contributed by atoms with Crippen molar-refractivity contribution in [3.8, 4) is 11.5 Å². The van der Waals surface area contributed by atoms with E-state index in [2.05, 4.69) is 0 Å². The number of rotatable bonds is 3. The van der Waals surface area contributed by atoms with Crippen LogP contribution in [0.5, 0.6) is 11.5 Å². The van der Waals surface area contributed by atoms with Crippen molar-refractivity contribution in [2.45, 2.75) is 70.2 Å². The van der Waals surface area contributed by atoms with Crippen molar-refractivity contribution in [3.63, 3.8) is 0 Å². The fourth-order valence-corrected chi connectivity index (χ4v) is 5.44. The van der Waals surface area contributed by atoms with E-state index in [0.717, 1.165) is 4.57 Å². The monoisotopic (exact) mass is 516 g/mol. The summed E-state index contributed by atoms with van der Waals surface area (Å²) in [6, 6.07) is 4.34. The molecular formula is C25H32N4O8. The number of hydrogen-bond acceptors (Lipinski definition) is 8. The Hall–Kier alpha value is -3.70. The molecule has 1 aromatic carbocycles. The third-order valence-corrected chi connectivity index (χ3v) is 7.28. The van der Waals surface area contributed by atoms with E-state index in [1.54, 1.807) is 23.1 Å². The van der Waals surface area contributed by atoms with Crippen LogP contribution in [0, 0.1) is 0 Å². The number of hydrogen-bond donors (Lipinski definition) is 0. The number of ether oxygens (including phenoxy) is 4. The lowest BCUT2D eigenvalue weighted by molar-refractivity contribution is -0.147. The third-order valence-electron chi connectivity index (χ3n) is 7.28. The molecule has 1 fully saturated rings. The summed E-state index contributed by atoms with van der Waals surface area (Å²) in [6.07, 6.45) is 1.35. The number of benzene rings is 1. The average molecular weight is 517 g/mol. The second-order valence-electron chi connectivity index (χ2n) is 10.8. The predicted octanol–water partition coefficient (Wildman–Crippen LogP) is 1.82. The van der Waals surface area contributed by atoms with Crippen LogP contribution in [-0.2, 0) is 26.4 Å². The number of fused-ring (bicyclic) bond motifs is 3. The van der Waals surface area contributed by atoms with Gasteiger partial charge in [0.15, 0.2) is 17.5 Å². The van der Waals surface area contributed by atoms with E-state index in [0.29, 0.717) is 55.8 Å². The molecule has 12 heteroatoms. The number of methoxy groups -OCH3 is 1. The number of esters is 1. The van der Waals surface area contributed by atoms with Gasteiger partial charge in [0, 0.05) is 13.1 Å². The smallest absolute Gasteiger partial charge is 0.410 e. The van der Waals surface area contributed by atoms with Gasteiger partial charge in [-0.25, -0.2) is 33.1 Å². The van der Waals surface area contributed by atoms with Crippen molar-refractivity contribution in [2.24, 2.45) is 0 Å². The summed E-state index contributed by atoms with van der Waals surface area (Å²) in [5.41, 5.74) is -1.71. The minimum Gasteiger partial charge on any atom is -0.467 e. The van der Waals surface area contributed by atoms with E-state index in [9.17, 15) is 19.2 Å². The highest BCUT2D eigenvalue weighted by Crippen LogP contribution is 2.40. The Morgan fingerprint density at radius 3 is 2.43 bits per heavy atom. The fraction of sp³-hybridized carbons (Fsp3) is 0.600. The van der Waals surface area contributed by atoms with E-state index in [1.165, 1.54) is 16.5 Å². The zero-order valence-electron chi connectivity index (χ0n) is 21.5. The molecule has 1 saturated heterocycles. The maximum atomic E-state index is 13.8. The normalized spacial score (nSPS) is 20.0. The zero-order valence-corrected chi connectivity index (χ0v) is 21.5. The molecule has 0 bridgehead atoms. The summed E-state index contributed by atoms with van der Waals surface area (Å²) >= 11 is 0. The molecule has 4 heterocycles. The fourth-order valence-electron chi connectivity index (χ4n) is 5.44. The maximum Gasteiger partial charge on any atom is 0.410 e. The molecule has 3 aliphatic heterocycles. The molecule has 0 N–H and O–H groups in total. The van der Waals surface area contributed by atoms with Gasteiger partial charge in [-0.1, -0.05) is 6.07 Å². The van der Waals surface area contributed by atoms with E-state index in [4.69, 9.17) is 18.9 Å². The van der Waals surface area contributed by atoms with Crippen LogP contribution in [0.4, 0.5) is 4.79 Å². The highest BCUT2D eigenvalue weighted by atomic mass is 16.7. The third kappa shape index (κ3) is 4.38. The Kier molecular flexibility index (Phi) is 6.07. The first kappa shape index (κ1) is 25.0. The summed E-state index contributed by atoms with van der Waals surface area (Å²) in [5.74, 6) is 0.579. The van der Waals surface area contributed by atoms with Crippen molar-refractivity contribution in [1.82, 2.24) is 18.8 Å². The Labute approximate surface area is 213 Å². The van der Waals surface area contributed by atoms with E-state index >= 15 is 0 Å². The largest absolute Gasteiger partial charge is 0.467 e. The van der Waals surface area contributed by atoms with Crippen molar-refractivity contribution in [1.29, 1.82) is 0 Å². The molecule has 1 atom stereocenters. The number of nitrogens with zero attached hydrogens (tertiary/aromatic N) is 4. The van der Waals surface area contributed by atoms with Crippen molar-refractivity contribution in [2.75, 3.05) is 27.0 Å². The van der Waals surface area contributed by atoms with Gasteiger partial charge in [-0.3, -0.25) is 0 Å². The van der Waals surface area contributed by atoms with Gasteiger partial charge in [0.25, 0.3) is 0 Å². The molecule has 1 unspecified atom stereocenters. The summed E-state index contributed by atoms with van der Waals surface area (Å²) in [7, 11) is 1.27. The summed E-state index contributed by atoms with van der Waals surface area (Å²) in [5, 5.41) is 0. The van der Waals surface area contributed by atoms with Crippen molar-refractivity contribution in [3.05, 3.63) is 44.7 Å². The Morgan fingerprint density at radius 2 is 1.76 bits per heavy atom. The standard InChI is InChI=1S/C25H32N4O8/c1-24(2,3)37-23(33)26-11-9-25(10-12-26)8-7-17(20(30)34-4)28-21(31)27(22(32)29(25)28)14-16-5-6-18-19(13-16)36-15-35-18/h5-6,13,17H,7-12,14-15H2,1-4H3. The van der Waals surface area contributed by atoms with Gasteiger partial charge in [-0.15, -0.1) is 0 Å². The molecule has 3 aliphatic rings. The number of likely N-dealkylation sites (tertiary alicyclic amines) is 1. The molecule has 200 valence electrons. The lowest BCUT2D eigenvalue weighted by Gasteiger charge is -2.46. The molecule has 0 radical (unpaired) electrons. The second-order valence-corrected chi connectivity index (χ2v) is 10.8. The van der Waals surface area contributed by atoms with Crippen molar-refractivity contribution >= 4 is 12.1 Å². The molecule has 12 nitrogen and oxygen atoms in total. The van der Waals surface area contributed by atoms with Crippen LogP contribution in [-0.4, -0.2) is 63.5 Å². The van der Waals surface area contributed by atoms with Gasteiger partial charge in [-0.05, 0) is 64.2 Å². The molecule has 1 aromatic heterocycles. The topological polar surface area (TPSA) is 123 Å². The maximum absolute atomic E-state index is 13.8. The van der Waals surface area contributed by atoms with Crippen LogP contribution >= 0.6 is 0 Å². The minimum atomic E-state index is -0.905. The molecule has 0 aliphatic carbocycles. The van der Waals surface area contributed by atoms with Gasteiger partial charge in [-0.2, -0.15) is 0 Å². The van der Waals surface area contributed by atoms with Crippen LogP contribution in [0.15, 0.2) is 27.8 Å². The number of aromatic nitrogens is 3. The minimum absolute atomic E-state index is 0.00924. The first-order chi connectivity index (χ1) is 17.5. The summed E-state index contributed by atoms with van der Waals surface area (Å²) in [6.45, 7) is 6.29. The van der Waals surface area contributed by atoms with Crippen LogP contribution in [0.3, 0.4) is 0 Å². The molecular weight excluding hydrogens is 484 g/mol. The van der Waals surface area contributed by atoms with E-state index < -0.39 is 40.6 Å². The highest BCUT2D eigenvalue weighted by Gasteiger charge is 2.47. The number of carbonyl (C=O) groups is 2. The van der Waals surface area contributed by atoms with E-state index in [-0.39, 0.29) is 13.3 Å². The Morgan fingerprint density at radius 1 is 1.05 bits per heavy atom. The molecule has 1 spiro atoms. The predicted molar refractivity (Wildman–Crippen MR) is 130 cm³/mol. The number of piperidine rings is 1. The van der Waals surface area contributed by atoms with Gasteiger partial charge < -0.3 is 23.8 Å². The molecule has 37 heavy (non-hydrogen) atoms. The molecule has 2 aromatic rings. The Balaban J connectivity index is 1.50. The quantitative estimate of drug-likeness (QED) is 0.566. The molecule has 0 saturated carbocycles. The number of amides is 1. The van der Waals surface area contributed by atoms with Crippen LogP contribution in [0.2, 0.25) is 0 Å². The zero-order chi connectivity index (χ0) is 26.5. The summed E-state index contributed by atoms with van der Waals surface area (Å²) in [4.78, 5) is 54.3.